The quantitative estimate of drug-likeness (QED) is 0.190. The minimum Gasteiger partial charge on any atom is -0.383 e. The van der Waals surface area contributed by atoms with Crippen molar-refractivity contribution >= 4 is 65.7 Å². The van der Waals surface area contributed by atoms with Crippen LogP contribution in [0.5, 0.6) is 0 Å². The van der Waals surface area contributed by atoms with Crippen LogP contribution >= 0.6 is 11.3 Å². The minimum atomic E-state index is 0.420. The van der Waals surface area contributed by atoms with E-state index in [0.717, 1.165) is 16.6 Å². The van der Waals surface area contributed by atoms with E-state index in [-0.39, 0.29) is 0 Å². The van der Waals surface area contributed by atoms with Crippen LogP contribution in [0.1, 0.15) is 11.1 Å². The number of thiophene rings is 1. The van der Waals surface area contributed by atoms with Gasteiger partial charge in [0.2, 0.25) is 0 Å². The van der Waals surface area contributed by atoms with Gasteiger partial charge in [-0.3, -0.25) is 0 Å². The van der Waals surface area contributed by atoms with Gasteiger partial charge in [0.15, 0.2) is 5.84 Å². The number of nitrogens with zero attached hydrogens (tertiary/aromatic N) is 3. The van der Waals surface area contributed by atoms with Crippen LogP contribution in [0.3, 0.4) is 0 Å². The highest BCUT2D eigenvalue weighted by Gasteiger charge is 2.18. The van der Waals surface area contributed by atoms with E-state index in [4.69, 9.17) is 15.7 Å². The first-order valence-corrected chi connectivity index (χ1v) is 13.5. The number of benzene rings is 5. The highest BCUT2D eigenvalue weighted by molar-refractivity contribution is 7.18. The molecule has 0 aliphatic heterocycles. The van der Waals surface area contributed by atoms with Gasteiger partial charge in [-0.25, -0.2) is 9.98 Å². The number of nitrogens with two attached hydrogens (primary N) is 1. The number of para-hydroxylation sites is 1. The molecule has 0 fully saturated rings. The second kappa shape index (κ2) is 9.29. The Morgan fingerprint density at radius 2 is 1.29 bits per heavy atom. The van der Waals surface area contributed by atoms with Crippen molar-refractivity contribution in [2.75, 3.05) is 0 Å². The molecule has 0 radical (unpaired) electrons. The number of fused-ring (bicyclic) bond motifs is 8. The zero-order valence-corrected chi connectivity index (χ0v) is 21.4. The van der Waals surface area contributed by atoms with Crippen LogP contribution in [0, 0.1) is 0 Å². The van der Waals surface area contributed by atoms with Gasteiger partial charge in [0, 0.05) is 37.4 Å². The van der Waals surface area contributed by atoms with E-state index in [9.17, 15) is 0 Å². The molecule has 2 N–H and O–H groups in total. The Hall–Kier alpha value is -4.74. The molecule has 7 aromatic rings. The number of rotatable bonds is 4. The molecule has 0 spiro atoms. The molecular weight excluding hydrogens is 484 g/mol. The molecule has 2 heterocycles. The summed E-state index contributed by atoms with van der Waals surface area (Å²) in [7, 11) is 0. The Morgan fingerprint density at radius 3 is 2.05 bits per heavy atom. The summed E-state index contributed by atoms with van der Waals surface area (Å²) in [6.45, 7) is 0.420. The Morgan fingerprint density at radius 1 is 0.658 bits per heavy atom. The molecule has 5 aromatic carbocycles. The lowest BCUT2D eigenvalue weighted by Gasteiger charge is -2.09. The van der Waals surface area contributed by atoms with E-state index < -0.39 is 0 Å². The Kier molecular flexibility index (Phi) is 5.49. The summed E-state index contributed by atoms with van der Waals surface area (Å²) in [5.74, 6) is 1.06. The molecule has 0 unspecified atom stereocenters. The number of hydrogen-bond donors (Lipinski definition) is 1. The third-order valence-electron chi connectivity index (χ3n) is 7.02. The first kappa shape index (κ1) is 22.5. The number of hydrogen-bond acceptors (Lipinski definition) is 2. The number of aromatic nitrogens is 1. The summed E-state index contributed by atoms with van der Waals surface area (Å²) in [6, 6.07) is 39.4. The van der Waals surface area contributed by atoms with Gasteiger partial charge in [0.1, 0.15) is 12.5 Å². The zero-order chi connectivity index (χ0) is 25.5. The topological polar surface area (TPSA) is 55.7 Å². The van der Waals surface area contributed by atoms with E-state index in [1.807, 2.05) is 60.7 Å². The molecule has 5 heteroatoms. The maximum atomic E-state index is 6.45. The fourth-order valence-corrected chi connectivity index (χ4v) is 6.25. The summed E-state index contributed by atoms with van der Waals surface area (Å²) in [5, 5.41) is 8.50. The van der Waals surface area contributed by atoms with Crippen LogP contribution in [0.2, 0.25) is 0 Å². The normalized spacial score (nSPS) is 12.7. The Labute approximate surface area is 224 Å². The lowest BCUT2D eigenvalue weighted by molar-refractivity contribution is 0.793. The molecule has 0 amide bonds. The van der Waals surface area contributed by atoms with Gasteiger partial charge < -0.3 is 10.3 Å². The lowest BCUT2D eigenvalue weighted by Crippen LogP contribution is -2.16. The second-order valence-corrected chi connectivity index (χ2v) is 10.1. The molecule has 0 bridgehead atoms. The summed E-state index contributed by atoms with van der Waals surface area (Å²) in [4.78, 5) is 9.90. The van der Waals surface area contributed by atoms with Crippen molar-refractivity contribution in [3.8, 4) is 0 Å². The van der Waals surface area contributed by atoms with Crippen molar-refractivity contribution in [1.82, 2.24) is 4.57 Å². The van der Waals surface area contributed by atoms with Crippen LogP contribution in [0.15, 0.2) is 131 Å². The first-order chi connectivity index (χ1) is 18.8. The number of aliphatic imine (C=N–C) groups is 2. The van der Waals surface area contributed by atoms with Crippen molar-refractivity contribution < 1.29 is 0 Å². The minimum absolute atomic E-state index is 0.420. The van der Waals surface area contributed by atoms with Crippen LogP contribution in [0.4, 0.5) is 0 Å². The SMILES string of the molecule is NC(=N/C(=N\Cn1c2ccccc2c2c3ccccc3c3sccc3c21)c1ccccc1)c1ccccc1. The largest absolute Gasteiger partial charge is 0.383 e. The molecule has 0 aliphatic carbocycles. The molecule has 0 atom stereocenters. The van der Waals surface area contributed by atoms with E-state index >= 15 is 0 Å². The molecule has 38 heavy (non-hydrogen) atoms. The van der Waals surface area contributed by atoms with Gasteiger partial charge in [0.25, 0.3) is 0 Å². The van der Waals surface area contributed by atoms with E-state index in [0.29, 0.717) is 18.3 Å². The standard InChI is InChI=1S/C33H24N4S/c34-32(22-11-3-1-4-12-22)36-33(23-13-5-2-6-14-23)35-21-37-28-18-10-9-17-26(28)29-24-15-7-8-16-25(24)31-27(30(29)37)19-20-38-31/h1-20H,21H2,(H2,34,35,36). The molecule has 182 valence electrons. The lowest BCUT2D eigenvalue weighted by atomic mass is 10.0. The maximum Gasteiger partial charge on any atom is 0.158 e. The molecule has 7 rings (SSSR count). The smallest absolute Gasteiger partial charge is 0.158 e. The third kappa shape index (κ3) is 3.67. The monoisotopic (exact) mass is 508 g/mol. The maximum absolute atomic E-state index is 6.45. The molecule has 4 nitrogen and oxygen atoms in total. The van der Waals surface area contributed by atoms with Crippen molar-refractivity contribution in [2.45, 2.75) is 6.67 Å². The summed E-state index contributed by atoms with van der Waals surface area (Å²) >= 11 is 1.79. The summed E-state index contributed by atoms with van der Waals surface area (Å²) in [5.41, 5.74) is 10.6. The Balaban J connectivity index is 1.48. The molecular formula is C33H24N4S. The molecule has 0 aliphatic rings. The van der Waals surface area contributed by atoms with Gasteiger partial charge in [-0.2, -0.15) is 0 Å². The van der Waals surface area contributed by atoms with Crippen molar-refractivity contribution in [3.63, 3.8) is 0 Å². The van der Waals surface area contributed by atoms with Gasteiger partial charge >= 0.3 is 0 Å². The van der Waals surface area contributed by atoms with E-state index in [1.165, 1.54) is 37.1 Å². The number of amidine groups is 2. The van der Waals surface area contributed by atoms with Crippen LogP contribution < -0.4 is 5.73 Å². The zero-order valence-electron chi connectivity index (χ0n) is 20.6. The predicted octanol–water partition coefficient (Wildman–Crippen LogP) is 7.97. The molecule has 2 aromatic heterocycles. The predicted molar refractivity (Wildman–Crippen MR) is 162 cm³/mol. The third-order valence-corrected chi connectivity index (χ3v) is 7.97. The van der Waals surface area contributed by atoms with Gasteiger partial charge in [-0.1, -0.05) is 103 Å². The van der Waals surface area contributed by atoms with Crippen LogP contribution in [0.25, 0.3) is 42.7 Å². The Bertz CT molecular complexity index is 2000. The van der Waals surface area contributed by atoms with Crippen LogP contribution in [-0.2, 0) is 6.67 Å². The van der Waals surface area contributed by atoms with Crippen molar-refractivity contribution in [2.24, 2.45) is 15.7 Å². The highest BCUT2D eigenvalue weighted by Crippen LogP contribution is 2.42. The fourth-order valence-electron chi connectivity index (χ4n) is 5.31. The van der Waals surface area contributed by atoms with Gasteiger partial charge in [-0.05, 0) is 22.9 Å². The molecule has 0 saturated carbocycles. The van der Waals surface area contributed by atoms with Gasteiger partial charge in [-0.15, -0.1) is 11.3 Å². The summed E-state index contributed by atoms with van der Waals surface area (Å²) in [6.07, 6.45) is 0. The summed E-state index contributed by atoms with van der Waals surface area (Å²) < 4.78 is 3.62. The fraction of sp³-hybridized carbons (Fsp3) is 0.0303. The van der Waals surface area contributed by atoms with E-state index in [2.05, 4.69) is 64.5 Å². The highest BCUT2D eigenvalue weighted by atomic mass is 32.1. The second-order valence-electron chi connectivity index (χ2n) is 9.23. The average molecular weight is 509 g/mol. The first-order valence-electron chi connectivity index (χ1n) is 12.6. The van der Waals surface area contributed by atoms with Crippen molar-refractivity contribution in [3.05, 3.63) is 132 Å². The van der Waals surface area contributed by atoms with Gasteiger partial charge in [0.05, 0.1) is 11.0 Å². The van der Waals surface area contributed by atoms with Crippen molar-refractivity contribution in [1.29, 1.82) is 0 Å². The molecule has 0 saturated heterocycles. The van der Waals surface area contributed by atoms with E-state index in [1.54, 1.807) is 11.3 Å². The van der Waals surface area contributed by atoms with Crippen LogP contribution in [-0.4, -0.2) is 16.2 Å². The average Bonchev–Trinajstić information content (AvgIpc) is 3.60.